The van der Waals surface area contributed by atoms with Crippen LogP contribution in [-0.2, 0) is 4.79 Å². The lowest BCUT2D eigenvalue weighted by molar-refractivity contribution is -0.129. The molecule has 0 aliphatic rings. The first-order valence-electron chi connectivity index (χ1n) is 6.55. The molecule has 21 heavy (non-hydrogen) atoms. The molecule has 6 heteroatoms. The summed E-state index contributed by atoms with van der Waals surface area (Å²) in [4.78, 5) is 27.5. The van der Waals surface area contributed by atoms with Crippen molar-refractivity contribution in [1.29, 1.82) is 0 Å². The molecule has 2 rings (SSSR count). The summed E-state index contributed by atoms with van der Waals surface area (Å²) in [5, 5.41) is 0.899. The number of likely N-dealkylation sites (N-methyl/N-ethyl adjacent to an activating group) is 2. The van der Waals surface area contributed by atoms with Crippen molar-refractivity contribution in [1.82, 2.24) is 9.80 Å². The summed E-state index contributed by atoms with van der Waals surface area (Å²) in [6.07, 6.45) is 0. The van der Waals surface area contributed by atoms with Crippen molar-refractivity contribution in [3.05, 3.63) is 28.6 Å². The predicted octanol–water partition coefficient (Wildman–Crippen LogP) is 1.95. The largest absolute Gasteiger partial charge is 0.397 e. The number of benzene rings is 1. The maximum absolute atomic E-state index is 12.5. The van der Waals surface area contributed by atoms with Crippen LogP contribution in [0.1, 0.15) is 15.2 Å². The molecule has 0 saturated carbocycles. The van der Waals surface area contributed by atoms with Gasteiger partial charge in [0, 0.05) is 31.2 Å². The lowest BCUT2D eigenvalue weighted by Crippen LogP contribution is -2.37. The van der Waals surface area contributed by atoms with Crippen LogP contribution in [0.2, 0.25) is 0 Å². The Morgan fingerprint density at radius 1 is 1.24 bits per heavy atom. The van der Waals surface area contributed by atoms with Gasteiger partial charge in [-0.15, -0.1) is 11.3 Å². The van der Waals surface area contributed by atoms with Gasteiger partial charge in [-0.3, -0.25) is 9.59 Å². The Morgan fingerprint density at radius 2 is 1.90 bits per heavy atom. The number of carbonyl (C=O) groups is 2. The standard InChI is InChI=1S/C15H19N3O2S/c1-9-5-6-11-10(7-9)13(16)14(21-11)15(20)18(4)8-12(19)17(2)3/h5-7H,8,16H2,1-4H3. The van der Waals surface area contributed by atoms with Crippen molar-refractivity contribution in [3.8, 4) is 0 Å². The molecule has 0 atom stereocenters. The maximum atomic E-state index is 12.5. The summed E-state index contributed by atoms with van der Waals surface area (Å²) in [6.45, 7) is 2.03. The van der Waals surface area contributed by atoms with Gasteiger partial charge in [-0.25, -0.2) is 0 Å². The molecular formula is C15H19N3O2S. The minimum absolute atomic E-state index is 0.0402. The summed E-state index contributed by atoms with van der Waals surface area (Å²) in [5.74, 6) is -0.345. The fourth-order valence-electron chi connectivity index (χ4n) is 1.98. The van der Waals surface area contributed by atoms with Crippen molar-refractivity contribution in [3.63, 3.8) is 0 Å². The summed E-state index contributed by atoms with van der Waals surface area (Å²) in [5.41, 5.74) is 7.70. The smallest absolute Gasteiger partial charge is 0.266 e. The van der Waals surface area contributed by atoms with Crippen molar-refractivity contribution in [2.45, 2.75) is 6.92 Å². The first-order valence-corrected chi connectivity index (χ1v) is 7.37. The van der Waals surface area contributed by atoms with Gasteiger partial charge < -0.3 is 15.5 Å². The van der Waals surface area contributed by atoms with Gasteiger partial charge in [0.1, 0.15) is 4.88 Å². The first kappa shape index (κ1) is 15.3. The Hall–Kier alpha value is -2.08. The number of amides is 2. The molecule has 2 N–H and O–H groups in total. The van der Waals surface area contributed by atoms with E-state index < -0.39 is 0 Å². The molecule has 0 radical (unpaired) electrons. The average molecular weight is 305 g/mol. The van der Waals surface area contributed by atoms with Gasteiger partial charge >= 0.3 is 0 Å². The third-order valence-corrected chi connectivity index (χ3v) is 4.47. The van der Waals surface area contributed by atoms with Gasteiger partial charge in [0.2, 0.25) is 5.91 Å². The van der Waals surface area contributed by atoms with E-state index in [1.54, 1.807) is 21.1 Å². The number of fused-ring (bicyclic) bond motifs is 1. The van der Waals surface area contributed by atoms with Crippen LogP contribution >= 0.6 is 11.3 Å². The van der Waals surface area contributed by atoms with E-state index in [-0.39, 0.29) is 18.4 Å². The Kier molecular flexibility index (Phi) is 4.18. The molecule has 1 aromatic carbocycles. The lowest BCUT2D eigenvalue weighted by Gasteiger charge is -2.18. The molecule has 0 unspecified atom stereocenters. The molecule has 2 amide bonds. The van der Waals surface area contributed by atoms with E-state index in [0.717, 1.165) is 15.6 Å². The predicted molar refractivity (Wildman–Crippen MR) is 86.6 cm³/mol. The Morgan fingerprint density at radius 3 is 2.52 bits per heavy atom. The molecular weight excluding hydrogens is 286 g/mol. The van der Waals surface area contributed by atoms with E-state index in [1.165, 1.54) is 21.1 Å². The maximum Gasteiger partial charge on any atom is 0.266 e. The topological polar surface area (TPSA) is 66.6 Å². The first-order chi connectivity index (χ1) is 9.81. The SMILES string of the molecule is Cc1ccc2sc(C(=O)N(C)CC(=O)N(C)C)c(N)c2c1. The zero-order valence-electron chi connectivity index (χ0n) is 12.6. The number of carbonyl (C=O) groups excluding carboxylic acids is 2. The second kappa shape index (κ2) is 5.73. The van der Waals surface area contributed by atoms with Crippen LogP contribution in [0.3, 0.4) is 0 Å². The number of aryl methyl sites for hydroxylation is 1. The van der Waals surface area contributed by atoms with Gasteiger partial charge in [0.25, 0.3) is 5.91 Å². The summed E-state index contributed by atoms with van der Waals surface area (Å²) in [6, 6.07) is 5.93. The Labute approximate surface area is 127 Å². The van der Waals surface area contributed by atoms with Gasteiger partial charge in [0.15, 0.2) is 0 Å². The van der Waals surface area contributed by atoms with Gasteiger partial charge in [-0.1, -0.05) is 11.6 Å². The van der Waals surface area contributed by atoms with E-state index in [2.05, 4.69) is 0 Å². The van der Waals surface area contributed by atoms with E-state index in [1.807, 2.05) is 25.1 Å². The van der Waals surface area contributed by atoms with Crippen LogP contribution in [0.25, 0.3) is 10.1 Å². The van der Waals surface area contributed by atoms with Gasteiger partial charge in [-0.05, 0) is 19.1 Å². The quantitative estimate of drug-likeness (QED) is 0.942. The van der Waals surface area contributed by atoms with E-state index in [9.17, 15) is 9.59 Å². The fraction of sp³-hybridized carbons (Fsp3) is 0.333. The number of thiophene rings is 1. The van der Waals surface area contributed by atoms with E-state index in [4.69, 9.17) is 5.73 Å². The van der Waals surface area contributed by atoms with E-state index in [0.29, 0.717) is 10.6 Å². The Balaban J connectivity index is 2.31. The molecule has 1 aromatic heterocycles. The number of nitrogens with zero attached hydrogens (tertiary/aromatic N) is 2. The lowest BCUT2D eigenvalue weighted by atomic mass is 10.1. The molecule has 112 valence electrons. The molecule has 0 bridgehead atoms. The average Bonchev–Trinajstić information content (AvgIpc) is 2.75. The number of anilines is 1. The molecule has 0 saturated heterocycles. The highest BCUT2D eigenvalue weighted by Gasteiger charge is 2.21. The minimum Gasteiger partial charge on any atom is -0.397 e. The van der Waals surface area contributed by atoms with Crippen LogP contribution in [0, 0.1) is 6.92 Å². The third-order valence-electron chi connectivity index (χ3n) is 3.29. The second-order valence-corrected chi connectivity index (χ2v) is 6.35. The minimum atomic E-state index is -0.221. The summed E-state index contributed by atoms with van der Waals surface area (Å²) < 4.78 is 0.980. The zero-order valence-corrected chi connectivity index (χ0v) is 13.5. The highest BCUT2D eigenvalue weighted by atomic mass is 32.1. The molecule has 0 aliphatic heterocycles. The molecule has 0 aliphatic carbocycles. The molecule has 1 heterocycles. The number of nitrogens with two attached hydrogens (primary N) is 1. The highest BCUT2D eigenvalue weighted by Crippen LogP contribution is 2.34. The number of hydrogen-bond acceptors (Lipinski definition) is 4. The monoisotopic (exact) mass is 305 g/mol. The number of nitrogen functional groups attached to an aromatic ring is 1. The van der Waals surface area contributed by atoms with Crippen LogP contribution < -0.4 is 5.73 Å². The van der Waals surface area contributed by atoms with Crippen molar-refractivity contribution < 1.29 is 9.59 Å². The van der Waals surface area contributed by atoms with Gasteiger partial charge in [0.05, 0.1) is 12.2 Å². The second-order valence-electron chi connectivity index (χ2n) is 5.29. The van der Waals surface area contributed by atoms with Crippen LogP contribution in [0.5, 0.6) is 0 Å². The van der Waals surface area contributed by atoms with Crippen LogP contribution in [0.15, 0.2) is 18.2 Å². The molecule has 0 fully saturated rings. The van der Waals surface area contributed by atoms with Gasteiger partial charge in [-0.2, -0.15) is 0 Å². The van der Waals surface area contributed by atoms with Crippen LogP contribution in [0.4, 0.5) is 5.69 Å². The number of hydrogen-bond donors (Lipinski definition) is 1. The summed E-state index contributed by atoms with van der Waals surface area (Å²) >= 11 is 1.36. The number of rotatable bonds is 3. The van der Waals surface area contributed by atoms with E-state index >= 15 is 0 Å². The molecule has 2 aromatic rings. The Bertz CT molecular complexity index is 706. The molecule has 0 spiro atoms. The van der Waals surface area contributed by atoms with Crippen molar-refractivity contribution in [2.24, 2.45) is 0 Å². The normalized spacial score (nSPS) is 10.7. The van der Waals surface area contributed by atoms with Crippen molar-refractivity contribution >= 4 is 38.9 Å². The summed E-state index contributed by atoms with van der Waals surface area (Å²) in [7, 11) is 4.94. The third kappa shape index (κ3) is 3.00. The molecule has 5 nitrogen and oxygen atoms in total. The van der Waals surface area contributed by atoms with Crippen molar-refractivity contribution in [2.75, 3.05) is 33.4 Å². The zero-order chi connectivity index (χ0) is 15.7. The van der Waals surface area contributed by atoms with Crippen LogP contribution in [-0.4, -0.2) is 49.3 Å². The fourth-order valence-corrected chi connectivity index (χ4v) is 3.08. The highest BCUT2D eigenvalue weighted by molar-refractivity contribution is 7.21.